The topological polar surface area (TPSA) is 90.1 Å². The number of benzene rings is 1. The number of carbonyl (C=O) groups is 1. The van der Waals surface area contributed by atoms with E-state index in [9.17, 15) is 14.9 Å². The maximum Gasteiger partial charge on any atom is 0.307 e. The van der Waals surface area contributed by atoms with Crippen molar-refractivity contribution in [1.29, 1.82) is 0 Å². The second-order valence-electron chi connectivity index (χ2n) is 3.68. The summed E-state index contributed by atoms with van der Waals surface area (Å²) in [6, 6.07) is 7.34. The van der Waals surface area contributed by atoms with Gasteiger partial charge in [-0.1, -0.05) is 12.1 Å². The third-order valence-electron chi connectivity index (χ3n) is 2.28. The Morgan fingerprint density at radius 1 is 1.47 bits per heavy atom. The molecule has 0 aliphatic heterocycles. The van der Waals surface area contributed by atoms with Crippen molar-refractivity contribution in [3.8, 4) is 0 Å². The largest absolute Gasteiger partial charge is 0.324 e. The predicted octanol–water partition coefficient (Wildman–Crippen LogP) is 2.03. The van der Waals surface area contributed by atoms with Crippen LogP contribution in [0.15, 0.2) is 36.7 Å². The van der Waals surface area contributed by atoms with E-state index >= 15 is 0 Å². The summed E-state index contributed by atoms with van der Waals surface area (Å²) < 4.78 is 2.14. The number of carbonyl (C=O) groups excluding carboxylic acids is 1. The highest BCUT2D eigenvalue weighted by Crippen LogP contribution is 2.17. The zero-order valence-electron chi connectivity index (χ0n) is 9.62. The number of halogens is 1. The van der Waals surface area contributed by atoms with Crippen molar-refractivity contribution in [2.45, 2.75) is 6.54 Å². The van der Waals surface area contributed by atoms with Crippen molar-refractivity contribution in [1.82, 2.24) is 9.78 Å². The van der Waals surface area contributed by atoms with Crippen LogP contribution in [-0.2, 0) is 11.3 Å². The Kier molecular flexibility index (Phi) is 4.10. The van der Waals surface area contributed by atoms with Crippen molar-refractivity contribution in [2.24, 2.45) is 0 Å². The first-order valence-corrected chi connectivity index (χ1v) is 6.35. The molecule has 0 saturated heterocycles. The van der Waals surface area contributed by atoms with Gasteiger partial charge >= 0.3 is 5.69 Å². The number of amides is 1. The number of aromatic nitrogens is 2. The summed E-state index contributed by atoms with van der Waals surface area (Å²) in [5.74, 6) is -0.290. The first-order chi connectivity index (χ1) is 9.06. The van der Waals surface area contributed by atoms with Crippen LogP contribution in [0.3, 0.4) is 0 Å². The van der Waals surface area contributed by atoms with Gasteiger partial charge in [-0.3, -0.25) is 19.6 Å². The van der Waals surface area contributed by atoms with Crippen molar-refractivity contribution in [3.63, 3.8) is 0 Å². The molecule has 1 aromatic carbocycles. The second-order valence-corrected chi connectivity index (χ2v) is 4.84. The minimum Gasteiger partial charge on any atom is -0.324 e. The maximum atomic E-state index is 11.8. The van der Waals surface area contributed by atoms with Crippen molar-refractivity contribution in [2.75, 3.05) is 5.32 Å². The fraction of sp³-hybridized carbons (Fsp3) is 0.0909. The Balaban J connectivity index is 2.01. The van der Waals surface area contributed by atoms with E-state index in [-0.39, 0.29) is 18.1 Å². The van der Waals surface area contributed by atoms with E-state index in [4.69, 9.17) is 0 Å². The fourth-order valence-electron chi connectivity index (χ4n) is 1.43. The van der Waals surface area contributed by atoms with E-state index in [1.54, 1.807) is 6.07 Å². The van der Waals surface area contributed by atoms with E-state index in [0.717, 1.165) is 9.77 Å². The molecule has 2 rings (SSSR count). The molecule has 7 nitrogen and oxygen atoms in total. The van der Waals surface area contributed by atoms with Crippen LogP contribution in [0.4, 0.5) is 11.4 Å². The molecular weight excluding hydrogens is 363 g/mol. The molecule has 0 radical (unpaired) electrons. The number of hydrogen-bond acceptors (Lipinski definition) is 4. The summed E-state index contributed by atoms with van der Waals surface area (Å²) in [4.78, 5) is 21.7. The molecule has 0 bridgehead atoms. The summed E-state index contributed by atoms with van der Waals surface area (Å²) in [7, 11) is 0. The summed E-state index contributed by atoms with van der Waals surface area (Å²) in [5, 5.41) is 17.0. The summed E-state index contributed by atoms with van der Waals surface area (Å²) in [6.45, 7) is -0.0706. The summed E-state index contributed by atoms with van der Waals surface area (Å²) in [6.07, 6.45) is 2.33. The van der Waals surface area contributed by atoms with Gasteiger partial charge in [-0.2, -0.15) is 5.10 Å². The van der Waals surface area contributed by atoms with E-state index in [1.807, 2.05) is 18.2 Å². The lowest BCUT2D eigenvalue weighted by atomic mass is 10.3. The van der Waals surface area contributed by atoms with Crippen LogP contribution < -0.4 is 5.32 Å². The lowest BCUT2D eigenvalue weighted by Crippen LogP contribution is -2.19. The monoisotopic (exact) mass is 372 g/mol. The average Bonchev–Trinajstić information content (AvgIpc) is 2.80. The van der Waals surface area contributed by atoms with Gasteiger partial charge in [0.1, 0.15) is 18.9 Å². The van der Waals surface area contributed by atoms with E-state index in [2.05, 4.69) is 33.0 Å². The van der Waals surface area contributed by atoms with Gasteiger partial charge in [-0.05, 0) is 34.7 Å². The third-order valence-corrected chi connectivity index (χ3v) is 3.22. The van der Waals surface area contributed by atoms with Gasteiger partial charge in [0.25, 0.3) is 0 Å². The number of anilines is 1. The molecule has 0 unspecified atom stereocenters. The van der Waals surface area contributed by atoms with Gasteiger partial charge in [0.2, 0.25) is 5.91 Å². The first-order valence-electron chi connectivity index (χ1n) is 5.27. The van der Waals surface area contributed by atoms with Gasteiger partial charge < -0.3 is 5.32 Å². The fourth-order valence-corrected chi connectivity index (χ4v) is 1.96. The molecule has 0 fully saturated rings. The zero-order chi connectivity index (χ0) is 13.8. The number of hydrogen-bond donors (Lipinski definition) is 1. The highest BCUT2D eigenvalue weighted by Gasteiger charge is 2.11. The van der Waals surface area contributed by atoms with Crippen LogP contribution in [0.5, 0.6) is 0 Å². The van der Waals surface area contributed by atoms with Crippen LogP contribution in [0.25, 0.3) is 0 Å². The molecule has 1 heterocycles. The summed E-state index contributed by atoms with van der Waals surface area (Å²) >= 11 is 2.11. The number of para-hydroxylation sites is 1. The number of nitrogens with zero attached hydrogens (tertiary/aromatic N) is 3. The minimum absolute atomic E-state index is 0.0706. The minimum atomic E-state index is -0.554. The van der Waals surface area contributed by atoms with E-state index in [0.29, 0.717) is 5.69 Å². The van der Waals surface area contributed by atoms with Gasteiger partial charge in [-0.25, -0.2) is 0 Å². The second kappa shape index (κ2) is 5.78. The lowest BCUT2D eigenvalue weighted by molar-refractivity contribution is -0.385. The molecule has 0 aliphatic carbocycles. The highest BCUT2D eigenvalue weighted by atomic mass is 127. The number of nitro groups is 1. The number of nitrogens with one attached hydrogen (secondary N) is 1. The molecule has 98 valence electrons. The molecule has 0 atom stereocenters. The lowest BCUT2D eigenvalue weighted by Gasteiger charge is -2.06. The predicted molar refractivity (Wildman–Crippen MR) is 76.7 cm³/mol. The highest BCUT2D eigenvalue weighted by molar-refractivity contribution is 14.1. The molecule has 19 heavy (non-hydrogen) atoms. The smallest absolute Gasteiger partial charge is 0.307 e. The quantitative estimate of drug-likeness (QED) is 0.505. The van der Waals surface area contributed by atoms with Crippen LogP contribution in [-0.4, -0.2) is 20.6 Å². The van der Waals surface area contributed by atoms with Gasteiger partial charge in [-0.15, -0.1) is 0 Å². The molecule has 0 saturated carbocycles. The molecule has 1 N–H and O–H groups in total. The van der Waals surface area contributed by atoms with Crippen molar-refractivity contribution < 1.29 is 9.72 Å². The van der Waals surface area contributed by atoms with Crippen LogP contribution >= 0.6 is 22.6 Å². The van der Waals surface area contributed by atoms with Gasteiger partial charge in [0, 0.05) is 3.57 Å². The SMILES string of the molecule is O=C(Cn1cc([N+](=O)[O-])cn1)Nc1ccccc1I. The molecule has 0 spiro atoms. The normalized spacial score (nSPS) is 10.2. The van der Waals surface area contributed by atoms with E-state index in [1.165, 1.54) is 10.9 Å². The Labute approximate surface area is 121 Å². The molecule has 1 aromatic heterocycles. The van der Waals surface area contributed by atoms with Crippen LogP contribution in [0, 0.1) is 13.7 Å². The Hall–Kier alpha value is -1.97. The molecule has 1 amide bonds. The van der Waals surface area contributed by atoms with Crippen molar-refractivity contribution in [3.05, 3.63) is 50.3 Å². The molecular formula is C11H9IN4O3. The van der Waals surface area contributed by atoms with Gasteiger partial charge in [0.15, 0.2) is 0 Å². The first kappa shape index (κ1) is 13.5. The standard InChI is InChI=1S/C11H9IN4O3/c12-9-3-1-2-4-10(9)14-11(17)7-15-6-8(5-13-15)16(18)19/h1-6H,7H2,(H,14,17). The van der Waals surface area contributed by atoms with Crippen LogP contribution in [0.2, 0.25) is 0 Å². The van der Waals surface area contributed by atoms with Crippen molar-refractivity contribution >= 4 is 39.9 Å². The molecule has 2 aromatic rings. The third kappa shape index (κ3) is 3.50. The molecule has 0 aliphatic rings. The average molecular weight is 372 g/mol. The molecule has 8 heteroatoms. The maximum absolute atomic E-state index is 11.8. The van der Waals surface area contributed by atoms with Gasteiger partial charge in [0.05, 0.1) is 10.6 Å². The Bertz CT molecular complexity index is 626. The summed E-state index contributed by atoms with van der Waals surface area (Å²) in [5.41, 5.74) is 0.567. The Morgan fingerprint density at radius 2 is 2.21 bits per heavy atom. The Morgan fingerprint density at radius 3 is 2.84 bits per heavy atom. The zero-order valence-corrected chi connectivity index (χ0v) is 11.8. The van der Waals surface area contributed by atoms with Crippen LogP contribution in [0.1, 0.15) is 0 Å². The number of rotatable bonds is 4. The van der Waals surface area contributed by atoms with E-state index < -0.39 is 4.92 Å².